The third-order valence-corrected chi connectivity index (χ3v) is 7.74. The summed E-state index contributed by atoms with van der Waals surface area (Å²) in [6.45, 7) is 0. The number of hydrogen-bond donors (Lipinski definition) is 2. The summed E-state index contributed by atoms with van der Waals surface area (Å²) < 4.78 is 26.0. The van der Waals surface area contributed by atoms with Crippen LogP contribution in [0.4, 0.5) is 10.8 Å². The van der Waals surface area contributed by atoms with E-state index in [0.29, 0.717) is 11.1 Å². The molecule has 0 aliphatic rings. The molecule has 8 heteroatoms. The van der Waals surface area contributed by atoms with E-state index in [1.807, 2.05) is 35.7 Å². The number of thiazole rings is 1. The third kappa shape index (κ3) is 6.79. The SMILES string of the molecule is O=C(O)CC(CS(=O)(=O)c1ccc(C#Cc2cccc(Nc3nccs3)c2)cc1)c1ccccc1. The number of hydrogen-bond acceptors (Lipinski definition) is 6. The lowest BCUT2D eigenvalue weighted by Crippen LogP contribution is -2.18. The second kappa shape index (κ2) is 11.0. The lowest BCUT2D eigenvalue weighted by atomic mass is 9.98. The fourth-order valence-electron chi connectivity index (χ4n) is 3.54. The van der Waals surface area contributed by atoms with Crippen LogP contribution in [0, 0.1) is 11.8 Å². The molecule has 0 aliphatic heterocycles. The van der Waals surface area contributed by atoms with E-state index in [9.17, 15) is 18.3 Å². The Balaban J connectivity index is 1.48. The molecule has 3 aromatic carbocycles. The fraction of sp³-hybridized carbons (Fsp3) is 0.111. The van der Waals surface area contributed by atoms with Crippen LogP contribution >= 0.6 is 11.3 Å². The van der Waals surface area contributed by atoms with Gasteiger partial charge in [-0.15, -0.1) is 11.3 Å². The van der Waals surface area contributed by atoms with E-state index >= 15 is 0 Å². The second-order valence-electron chi connectivity index (χ2n) is 7.80. The molecular formula is C27H22N2O4S2. The topological polar surface area (TPSA) is 96.4 Å². The minimum Gasteiger partial charge on any atom is -0.481 e. The molecule has 4 rings (SSSR count). The molecule has 1 atom stereocenters. The monoisotopic (exact) mass is 502 g/mol. The molecule has 0 aliphatic carbocycles. The number of carbonyl (C=O) groups is 1. The van der Waals surface area contributed by atoms with Gasteiger partial charge in [-0.2, -0.15) is 0 Å². The van der Waals surface area contributed by atoms with Crippen molar-refractivity contribution in [3.63, 3.8) is 0 Å². The number of carboxylic acid groups (broad SMARTS) is 1. The predicted octanol–water partition coefficient (Wildman–Crippen LogP) is 5.32. The average Bonchev–Trinajstić information content (AvgIpc) is 3.36. The minimum atomic E-state index is -3.69. The van der Waals surface area contributed by atoms with Crippen molar-refractivity contribution < 1.29 is 18.3 Å². The van der Waals surface area contributed by atoms with E-state index in [1.54, 1.807) is 42.6 Å². The maximum Gasteiger partial charge on any atom is 0.303 e. The van der Waals surface area contributed by atoms with Gasteiger partial charge in [0.2, 0.25) is 0 Å². The Morgan fingerprint density at radius 3 is 2.40 bits per heavy atom. The van der Waals surface area contributed by atoms with E-state index in [4.69, 9.17) is 0 Å². The number of aliphatic carboxylic acids is 1. The average molecular weight is 503 g/mol. The zero-order valence-corrected chi connectivity index (χ0v) is 20.2. The zero-order valence-electron chi connectivity index (χ0n) is 18.6. The van der Waals surface area contributed by atoms with Gasteiger partial charge in [-0.1, -0.05) is 48.2 Å². The molecule has 0 fully saturated rings. The van der Waals surface area contributed by atoms with Crippen LogP contribution in [-0.4, -0.2) is 30.2 Å². The zero-order chi connectivity index (χ0) is 24.7. The molecular weight excluding hydrogens is 480 g/mol. The summed E-state index contributed by atoms with van der Waals surface area (Å²) in [7, 11) is -3.69. The number of carboxylic acids is 1. The van der Waals surface area contributed by atoms with Gasteiger partial charge in [-0.05, 0) is 48.0 Å². The lowest BCUT2D eigenvalue weighted by molar-refractivity contribution is -0.137. The second-order valence-corrected chi connectivity index (χ2v) is 10.7. The van der Waals surface area contributed by atoms with Crippen molar-refractivity contribution in [1.82, 2.24) is 4.98 Å². The summed E-state index contributed by atoms with van der Waals surface area (Å²) in [4.78, 5) is 15.7. The number of anilines is 2. The molecule has 6 nitrogen and oxygen atoms in total. The van der Waals surface area contributed by atoms with Gasteiger partial charge in [0.25, 0.3) is 0 Å². The Morgan fingerprint density at radius 1 is 0.971 bits per heavy atom. The van der Waals surface area contributed by atoms with Crippen LogP contribution in [0.3, 0.4) is 0 Å². The molecule has 0 saturated carbocycles. The Hall–Kier alpha value is -3.93. The first kappa shape index (κ1) is 24.2. The Kier molecular flexibility index (Phi) is 7.60. The molecule has 0 saturated heterocycles. The van der Waals surface area contributed by atoms with Crippen molar-refractivity contribution in [3.05, 3.63) is 107 Å². The fourth-order valence-corrected chi connectivity index (χ4v) is 5.68. The standard InChI is InChI=1S/C27H22N2O4S2/c30-26(31)18-23(22-6-2-1-3-7-22)19-35(32,33)25-13-11-20(12-14-25)9-10-21-5-4-8-24(17-21)29-27-28-15-16-34-27/h1-8,11-17,23H,18-19H2,(H,28,29)(H,30,31). The highest BCUT2D eigenvalue weighted by Crippen LogP contribution is 2.25. The quantitative estimate of drug-likeness (QED) is 0.317. The molecule has 176 valence electrons. The van der Waals surface area contributed by atoms with E-state index < -0.39 is 21.7 Å². The van der Waals surface area contributed by atoms with Crippen LogP contribution in [0.15, 0.2) is 95.3 Å². The number of aromatic nitrogens is 1. The van der Waals surface area contributed by atoms with E-state index in [0.717, 1.165) is 16.4 Å². The van der Waals surface area contributed by atoms with E-state index in [2.05, 4.69) is 22.1 Å². The summed E-state index contributed by atoms with van der Waals surface area (Å²) in [5.41, 5.74) is 3.05. The summed E-state index contributed by atoms with van der Waals surface area (Å²) in [5, 5.41) is 15.2. The van der Waals surface area contributed by atoms with Crippen LogP contribution in [0.5, 0.6) is 0 Å². The van der Waals surface area contributed by atoms with Gasteiger partial charge in [0.15, 0.2) is 15.0 Å². The van der Waals surface area contributed by atoms with Crippen molar-refractivity contribution in [2.45, 2.75) is 17.2 Å². The maximum absolute atomic E-state index is 13.0. The molecule has 1 aromatic heterocycles. The van der Waals surface area contributed by atoms with Crippen molar-refractivity contribution >= 4 is 38.0 Å². The van der Waals surface area contributed by atoms with Crippen molar-refractivity contribution in [2.75, 3.05) is 11.1 Å². The summed E-state index contributed by atoms with van der Waals surface area (Å²) in [6.07, 6.45) is 1.47. The lowest BCUT2D eigenvalue weighted by Gasteiger charge is -2.15. The van der Waals surface area contributed by atoms with Gasteiger partial charge in [0.05, 0.1) is 17.1 Å². The highest BCUT2D eigenvalue weighted by Gasteiger charge is 2.24. The Labute approximate surface area is 208 Å². The minimum absolute atomic E-state index is 0.143. The predicted molar refractivity (Wildman–Crippen MR) is 138 cm³/mol. The highest BCUT2D eigenvalue weighted by atomic mass is 32.2. The van der Waals surface area contributed by atoms with Crippen LogP contribution in [0.25, 0.3) is 0 Å². The maximum atomic E-state index is 13.0. The van der Waals surface area contributed by atoms with Gasteiger partial charge >= 0.3 is 5.97 Å². The van der Waals surface area contributed by atoms with E-state index in [1.165, 1.54) is 23.5 Å². The Morgan fingerprint density at radius 2 is 1.71 bits per heavy atom. The third-order valence-electron chi connectivity index (χ3n) is 5.22. The van der Waals surface area contributed by atoms with Gasteiger partial charge in [0.1, 0.15) is 0 Å². The van der Waals surface area contributed by atoms with Crippen molar-refractivity contribution in [2.24, 2.45) is 0 Å². The first-order valence-electron chi connectivity index (χ1n) is 10.8. The van der Waals surface area contributed by atoms with Crippen LogP contribution in [0.1, 0.15) is 29.0 Å². The van der Waals surface area contributed by atoms with Crippen LogP contribution in [-0.2, 0) is 14.6 Å². The molecule has 0 bridgehead atoms. The normalized spacial score (nSPS) is 11.8. The van der Waals surface area contributed by atoms with Gasteiger partial charge < -0.3 is 10.4 Å². The molecule has 35 heavy (non-hydrogen) atoms. The molecule has 4 aromatic rings. The molecule has 1 heterocycles. The smallest absolute Gasteiger partial charge is 0.303 e. The van der Waals surface area contributed by atoms with Crippen molar-refractivity contribution in [3.8, 4) is 11.8 Å². The van der Waals surface area contributed by atoms with Crippen molar-refractivity contribution in [1.29, 1.82) is 0 Å². The van der Waals surface area contributed by atoms with E-state index in [-0.39, 0.29) is 17.1 Å². The highest BCUT2D eigenvalue weighted by molar-refractivity contribution is 7.91. The number of sulfone groups is 1. The molecule has 1 unspecified atom stereocenters. The summed E-state index contributed by atoms with van der Waals surface area (Å²) in [6, 6.07) is 22.9. The van der Waals surface area contributed by atoms with Gasteiger partial charge in [-0.3, -0.25) is 4.79 Å². The summed E-state index contributed by atoms with van der Waals surface area (Å²) >= 11 is 1.51. The molecule has 2 N–H and O–H groups in total. The van der Waals surface area contributed by atoms with Crippen LogP contribution < -0.4 is 5.32 Å². The Bertz CT molecular complexity index is 1460. The van der Waals surface area contributed by atoms with Gasteiger partial charge in [0, 0.05) is 34.3 Å². The first-order valence-corrected chi connectivity index (χ1v) is 13.3. The molecule has 0 radical (unpaired) electrons. The first-order chi connectivity index (χ1) is 16.9. The molecule has 0 spiro atoms. The summed E-state index contributed by atoms with van der Waals surface area (Å²) in [5.74, 6) is 4.19. The van der Waals surface area contributed by atoms with Gasteiger partial charge in [-0.25, -0.2) is 13.4 Å². The number of nitrogens with zero attached hydrogens (tertiary/aromatic N) is 1. The largest absolute Gasteiger partial charge is 0.481 e. The number of benzene rings is 3. The molecule has 0 amide bonds. The van der Waals surface area contributed by atoms with Crippen LogP contribution in [0.2, 0.25) is 0 Å². The number of nitrogens with one attached hydrogen (secondary N) is 1. The number of rotatable bonds is 8.